The van der Waals surface area contributed by atoms with E-state index in [2.05, 4.69) is 28.7 Å². The quantitative estimate of drug-likeness (QED) is 0.760. The Labute approximate surface area is 96.7 Å². The molecule has 2 rings (SSSR count). The maximum absolute atomic E-state index is 9.33. The monoisotopic (exact) mass is 223 g/mol. The molecule has 0 bridgehead atoms. The number of nitrogens with one attached hydrogen (secondary N) is 1. The first kappa shape index (κ1) is 11.6. The molecule has 1 heterocycles. The molecular weight excluding hydrogens is 202 g/mol. The standard InChI is InChI=1S/C12H21N3O/c1-9(2)12-13-5-6-15(12)7-11(8-16)14-10-3-4-10/h5-6,9-11,14,16H,3-4,7-8H2,1-2H3. The number of hydrogen-bond acceptors (Lipinski definition) is 3. The molecule has 1 unspecified atom stereocenters. The largest absolute Gasteiger partial charge is 0.395 e. The SMILES string of the molecule is CC(C)c1nccn1CC(CO)NC1CC1. The van der Waals surface area contributed by atoms with Gasteiger partial charge in [-0.25, -0.2) is 4.98 Å². The van der Waals surface area contributed by atoms with Crippen LogP contribution in [0, 0.1) is 0 Å². The summed E-state index contributed by atoms with van der Waals surface area (Å²) in [6, 6.07) is 0.780. The van der Waals surface area contributed by atoms with E-state index in [9.17, 15) is 5.11 Å². The van der Waals surface area contributed by atoms with Gasteiger partial charge >= 0.3 is 0 Å². The molecule has 1 atom stereocenters. The topological polar surface area (TPSA) is 50.1 Å². The van der Waals surface area contributed by atoms with Crippen molar-refractivity contribution in [1.29, 1.82) is 0 Å². The Kier molecular flexibility index (Phi) is 3.61. The minimum absolute atomic E-state index is 0.152. The zero-order valence-corrected chi connectivity index (χ0v) is 10.1. The average molecular weight is 223 g/mol. The Morgan fingerprint density at radius 2 is 2.31 bits per heavy atom. The highest BCUT2D eigenvalue weighted by molar-refractivity contribution is 4.98. The van der Waals surface area contributed by atoms with Gasteiger partial charge in [0.2, 0.25) is 0 Å². The van der Waals surface area contributed by atoms with E-state index in [4.69, 9.17) is 0 Å². The molecule has 1 aromatic rings. The first-order valence-corrected chi connectivity index (χ1v) is 6.08. The van der Waals surface area contributed by atoms with E-state index in [1.165, 1.54) is 12.8 Å². The summed E-state index contributed by atoms with van der Waals surface area (Å²) in [7, 11) is 0. The molecule has 1 aliphatic carbocycles. The molecule has 0 spiro atoms. The zero-order chi connectivity index (χ0) is 11.5. The van der Waals surface area contributed by atoms with Gasteiger partial charge in [0.1, 0.15) is 5.82 Å². The second-order valence-electron chi connectivity index (χ2n) is 4.91. The van der Waals surface area contributed by atoms with Gasteiger partial charge in [-0.1, -0.05) is 13.8 Å². The van der Waals surface area contributed by atoms with Crippen LogP contribution in [0.2, 0.25) is 0 Å². The molecule has 4 nitrogen and oxygen atoms in total. The summed E-state index contributed by atoms with van der Waals surface area (Å²) in [6.45, 7) is 5.27. The highest BCUT2D eigenvalue weighted by Crippen LogP contribution is 2.20. The molecule has 0 saturated heterocycles. The van der Waals surface area contributed by atoms with Crippen molar-refractivity contribution in [2.24, 2.45) is 0 Å². The fraction of sp³-hybridized carbons (Fsp3) is 0.750. The zero-order valence-electron chi connectivity index (χ0n) is 10.1. The van der Waals surface area contributed by atoms with Crippen LogP contribution in [0.15, 0.2) is 12.4 Å². The molecule has 1 fully saturated rings. The van der Waals surface area contributed by atoms with Crippen molar-refractivity contribution in [1.82, 2.24) is 14.9 Å². The normalized spacial score (nSPS) is 18.0. The second kappa shape index (κ2) is 4.97. The maximum Gasteiger partial charge on any atom is 0.111 e. The number of hydrogen-bond donors (Lipinski definition) is 2. The summed E-state index contributed by atoms with van der Waals surface area (Å²) in [6.07, 6.45) is 6.32. The summed E-state index contributed by atoms with van der Waals surface area (Å²) in [5.41, 5.74) is 0. The number of nitrogens with zero attached hydrogens (tertiary/aromatic N) is 2. The lowest BCUT2D eigenvalue weighted by molar-refractivity contribution is 0.226. The van der Waals surface area contributed by atoms with Gasteiger partial charge in [-0.2, -0.15) is 0 Å². The summed E-state index contributed by atoms with van der Waals surface area (Å²) < 4.78 is 2.14. The third kappa shape index (κ3) is 2.83. The third-order valence-electron chi connectivity index (χ3n) is 2.95. The first-order chi connectivity index (χ1) is 7.70. The fourth-order valence-corrected chi connectivity index (χ4v) is 1.96. The van der Waals surface area contributed by atoms with Crippen molar-refractivity contribution in [2.75, 3.05) is 6.61 Å². The highest BCUT2D eigenvalue weighted by Gasteiger charge is 2.24. The lowest BCUT2D eigenvalue weighted by Gasteiger charge is -2.18. The van der Waals surface area contributed by atoms with Gasteiger partial charge in [-0.05, 0) is 12.8 Å². The highest BCUT2D eigenvalue weighted by atomic mass is 16.3. The van der Waals surface area contributed by atoms with Crippen LogP contribution in [0.5, 0.6) is 0 Å². The van der Waals surface area contributed by atoms with Gasteiger partial charge in [-0.3, -0.25) is 0 Å². The van der Waals surface area contributed by atoms with Crippen molar-refractivity contribution in [3.8, 4) is 0 Å². The van der Waals surface area contributed by atoms with Crippen LogP contribution in [0.3, 0.4) is 0 Å². The van der Waals surface area contributed by atoms with Gasteiger partial charge in [0, 0.05) is 36.9 Å². The van der Waals surface area contributed by atoms with E-state index in [0.29, 0.717) is 12.0 Å². The van der Waals surface area contributed by atoms with E-state index in [1.807, 2.05) is 12.4 Å². The van der Waals surface area contributed by atoms with Crippen LogP contribution >= 0.6 is 0 Å². The molecule has 0 aliphatic heterocycles. The molecule has 0 aromatic carbocycles. The lowest BCUT2D eigenvalue weighted by atomic mass is 10.2. The van der Waals surface area contributed by atoms with E-state index < -0.39 is 0 Å². The van der Waals surface area contributed by atoms with Crippen LogP contribution in [0.25, 0.3) is 0 Å². The smallest absolute Gasteiger partial charge is 0.111 e. The molecule has 1 aliphatic rings. The minimum Gasteiger partial charge on any atom is -0.395 e. The van der Waals surface area contributed by atoms with Crippen molar-refractivity contribution in [3.63, 3.8) is 0 Å². The van der Waals surface area contributed by atoms with Gasteiger partial charge in [0.15, 0.2) is 0 Å². The van der Waals surface area contributed by atoms with Crippen molar-refractivity contribution in [3.05, 3.63) is 18.2 Å². The number of aliphatic hydroxyl groups is 1. The predicted molar refractivity (Wildman–Crippen MR) is 63.3 cm³/mol. The molecule has 90 valence electrons. The number of aliphatic hydroxyl groups excluding tert-OH is 1. The van der Waals surface area contributed by atoms with E-state index in [-0.39, 0.29) is 12.6 Å². The molecule has 16 heavy (non-hydrogen) atoms. The average Bonchev–Trinajstić information content (AvgIpc) is 2.93. The molecule has 0 amide bonds. The number of imidazole rings is 1. The maximum atomic E-state index is 9.33. The second-order valence-corrected chi connectivity index (χ2v) is 4.91. The van der Waals surface area contributed by atoms with Gasteiger partial charge in [-0.15, -0.1) is 0 Å². The van der Waals surface area contributed by atoms with Gasteiger partial charge in [0.25, 0.3) is 0 Å². The van der Waals surface area contributed by atoms with E-state index in [1.54, 1.807) is 0 Å². The molecule has 1 saturated carbocycles. The van der Waals surface area contributed by atoms with Crippen LogP contribution in [-0.2, 0) is 6.54 Å². The fourth-order valence-electron chi connectivity index (χ4n) is 1.96. The summed E-state index contributed by atoms with van der Waals surface area (Å²) in [5, 5.41) is 12.8. The molecular formula is C12H21N3O. The Morgan fingerprint density at radius 1 is 1.56 bits per heavy atom. The lowest BCUT2D eigenvalue weighted by Crippen LogP contribution is -2.38. The van der Waals surface area contributed by atoms with Crippen molar-refractivity contribution >= 4 is 0 Å². The Morgan fingerprint density at radius 3 is 2.88 bits per heavy atom. The Hall–Kier alpha value is -0.870. The molecule has 2 N–H and O–H groups in total. The number of rotatable bonds is 6. The van der Waals surface area contributed by atoms with Gasteiger partial charge in [0.05, 0.1) is 6.61 Å². The van der Waals surface area contributed by atoms with Crippen LogP contribution in [0.4, 0.5) is 0 Å². The van der Waals surface area contributed by atoms with Crippen molar-refractivity contribution < 1.29 is 5.11 Å². The first-order valence-electron chi connectivity index (χ1n) is 6.08. The number of aromatic nitrogens is 2. The predicted octanol–water partition coefficient (Wildman–Crippen LogP) is 1.12. The van der Waals surface area contributed by atoms with Gasteiger partial charge < -0.3 is 15.0 Å². The summed E-state index contributed by atoms with van der Waals surface area (Å²) in [4.78, 5) is 4.35. The third-order valence-corrected chi connectivity index (χ3v) is 2.95. The Balaban J connectivity index is 1.97. The van der Waals surface area contributed by atoms with Crippen LogP contribution < -0.4 is 5.32 Å². The summed E-state index contributed by atoms with van der Waals surface area (Å²) in [5.74, 6) is 1.52. The molecule has 4 heteroatoms. The van der Waals surface area contributed by atoms with Crippen LogP contribution in [-0.4, -0.2) is 33.3 Å². The molecule has 1 aromatic heterocycles. The van der Waals surface area contributed by atoms with Crippen molar-refractivity contribution in [2.45, 2.75) is 51.2 Å². The molecule has 0 radical (unpaired) electrons. The Bertz CT molecular complexity index is 331. The van der Waals surface area contributed by atoms with E-state index in [0.717, 1.165) is 12.4 Å². The summed E-state index contributed by atoms with van der Waals surface area (Å²) >= 11 is 0. The van der Waals surface area contributed by atoms with Crippen LogP contribution in [0.1, 0.15) is 38.4 Å². The van der Waals surface area contributed by atoms with E-state index >= 15 is 0 Å². The minimum atomic E-state index is 0.152.